The quantitative estimate of drug-likeness (QED) is 0.671. The predicted molar refractivity (Wildman–Crippen MR) is 88.7 cm³/mol. The minimum atomic E-state index is -0.431. The summed E-state index contributed by atoms with van der Waals surface area (Å²) in [5.74, 6) is -0.0488. The van der Waals surface area contributed by atoms with Crippen LogP contribution in [0.4, 0.5) is 5.82 Å². The van der Waals surface area contributed by atoms with E-state index < -0.39 is 5.91 Å². The third-order valence-corrected chi connectivity index (χ3v) is 4.15. The molecule has 3 aromatic rings. The minimum Gasteiger partial charge on any atom is -0.507 e. The van der Waals surface area contributed by atoms with Crippen LogP contribution in [0.1, 0.15) is 10.4 Å². The van der Waals surface area contributed by atoms with Crippen molar-refractivity contribution in [1.29, 1.82) is 0 Å². The second-order valence-corrected chi connectivity index (χ2v) is 5.76. The summed E-state index contributed by atoms with van der Waals surface area (Å²) in [7, 11) is 0. The molecule has 0 bridgehead atoms. The van der Waals surface area contributed by atoms with Crippen LogP contribution < -0.4 is 5.32 Å². The number of nitrogens with zero attached hydrogens (tertiary/aromatic N) is 2. The Balaban J connectivity index is 1.89. The van der Waals surface area contributed by atoms with Gasteiger partial charge in [-0.15, -0.1) is 11.3 Å². The van der Waals surface area contributed by atoms with Gasteiger partial charge in [0.2, 0.25) is 0 Å². The molecule has 2 aromatic heterocycles. The van der Waals surface area contributed by atoms with E-state index in [2.05, 4.69) is 10.4 Å². The number of aliphatic hydroxyl groups excluding tert-OH is 1. The van der Waals surface area contributed by atoms with Crippen LogP contribution in [0.2, 0.25) is 0 Å². The minimum absolute atomic E-state index is 0.0864. The van der Waals surface area contributed by atoms with Crippen molar-refractivity contribution in [3.63, 3.8) is 0 Å². The number of hydrogen-bond donors (Lipinski definition) is 3. The van der Waals surface area contributed by atoms with E-state index >= 15 is 0 Å². The number of rotatable bonds is 5. The summed E-state index contributed by atoms with van der Waals surface area (Å²) in [6.45, 7) is 0.173. The highest BCUT2D eigenvalue weighted by atomic mass is 32.1. The van der Waals surface area contributed by atoms with E-state index in [0.717, 1.165) is 10.6 Å². The molecule has 23 heavy (non-hydrogen) atoms. The van der Waals surface area contributed by atoms with Crippen LogP contribution in [0.25, 0.3) is 10.6 Å². The van der Waals surface area contributed by atoms with E-state index in [9.17, 15) is 9.90 Å². The summed E-state index contributed by atoms with van der Waals surface area (Å²) in [6.07, 6.45) is 0. The van der Waals surface area contributed by atoms with Crippen LogP contribution in [-0.2, 0) is 6.54 Å². The molecule has 0 saturated carbocycles. The Morgan fingerprint density at radius 1 is 1.26 bits per heavy atom. The molecule has 7 heteroatoms. The molecule has 3 N–H and O–H groups in total. The van der Waals surface area contributed by atoms with Gasteiger partial charge in [-0.1, -0.05) is 18.2 Å². The molecule has 0 aliphatic heterocycles. The van der Waals surface area contributed by atoms with Crippen molar-refractivity contribution >= 4 is 23.1 Å². The predicted octanol–water partition coefficient (Wildman–Crippen LogP) is 2.56. The van der Waals surface area contributed by atoms with Crippen molar-refractivity contribution in [2.45, 2.75) is 6.54 Å². The van der Waals surface area contributed by atoms with E-state index in [1.54, 1.807) is 29.5 Å². The lowest BCUT2D eigenvalue weighted by atomic mass is 10.2. The summed E-state index contributed by atoms with van der Waals surface area (Å²) in [5.41, 5.74) is 0.906. The Labute approximate surface area is 136 Å². The van der Waals surface area contributed by atoms with Crippen LogP contribution in [0.5, 0.6) is 5.75 Å². The number of carbonyl (C=O) groups is 1. The molecule has 1 aromatic carbocycles. The molecular formula is C16H15N3O3S. The van der Waals surface area contributed by atoms with Gasteiger partial charge >= 0.3 is 0 Å². The van der Waals surface area contributed by atoms with Gasteiger partial charge in [0.15, 0.2) is 0 Å². The summed E-state index contributed by atoms with van der Waals surface area (Å²) < 4.78 is 1.53. The van der Waals surface area contributed by atoms with Gasteiger partial charge in [0.25, 0.3) is 5.91 Å². The van der Waals surface area contributed by atoms with Crippen LogP contribution in [0, 0.1) is 0 Å². The van der Waals surface area contributed by atoms with E-state index in [1.807, 2.05) is 17.5 Å². The number of para-hydroxylation sites is 1. The molecule has 0 radical (unpaired) electrons. The highest BCUT2D eigenvalue weighted by Gasteiger charge is 2.15. The molecule has 0 unspecified atom stereocenters. The monoisotopic (exact) mass is 329 g/mol. The van der Waals surface area contributed by atoms with Crippen LogP contribution in [0.15, 0.2) is 47.8 Å². The largest absolute Gasteiger partial charge is 0.507 e. The topological polar surface area (TPSA) is 87.4 Å². The van der Waals surface area contributed by atoms with E-state index in [0.29, 0.717) is 5.82 Å². The SMILES string of the molecule is O=C(Nc1cc(-c2cccs2)nn1CCO)c1ccccc1O. The van der Waals surface area contributed by atoms with Crippen LogP contribution in [0.3, 0.4) is 0 Å². The molecule has 0 fully saturated rings. The first kappa shape index (κ1) is 15.3. The van der Waals surface area contributed by atoms with Gasteiger partial charge in [-0.05, 0) is 23.6 Å². The smallest absolute Gasteiger partial charge is 0.260 e. The molecule has 0 spiro atoms. The second-order valence-electron chi connectivity index (χ2n) is 4.81. The number of anilines is 1. The first-order valence-corrected chi connectivity index (χ1v) is 7.89. The number of phenolic OH excluding ortho intramolecular Hbond substituents is 1. The van der Waals surface area contributed by atoms with Gasteiger partial charge in [-0.25, -0.2) is 4.68 Å². The molecule has 2 heterocycles. The van der Waals surface area contributed by atoms with E-state index in [4.69, 9.17) is 5.11 Å². The van der Waals surface area contributed by atoms with Gasteiger partial charge in [-0.2, -0.15) is 5.10 Å². The average Bonchev–Trinajstić information content (AvgIpc) is 3.18. The summed E-state index contributed by atoms with van der Waals surface area (Å²) in [6, 6.07) is 11.9. The molecular weight excluding hydrogens is 314 g/mol. The summed E-state index contributed by atoms with van der Waals surface area (Å²) >= 11 is 1.54. The Hall–Kier alpha value is -2.64. The van der Waals surface area contributed by atoms with Crippen LogP contribution >= 0.6 is 11.3 Å². The number of phenols is 1. The fraction of sp³-hybridized carbons (Fsp3) is 0.125. The third kappa shape index (κ3) is 3.25. The van der Waals surface area contributed by atoms with Gasteiger partial charge in [0.1, 0.15) is 17.3 Å². The first-order valence-electron chi connectivity index (χ1n) is 7.01. The first-order chi connectivity index (χ1) is 11.2. The van der Waals surface area contributed by atoms with Crippen LogP contribution in [-0.4, -0.2) is 32.5 Å². The molecule has 3 rings (SSSR count). The van der Waals surface area contributed by atoms with Gasteiger partial charge in [0, 0.05) is 6.07 Å². The number of thiophene rings is 1. The fourth-order valence-electron chi connectivity index (χ4n) is 2.18. The highest BCUT2D eigenvalue weighted by molar-refractivity contribution is 7.13. The van der Waals surface area contributed by atoms with Crippen molar-refractivity contribution in [3.8, 4) is 16.3 Å². The number of aromatic nitrogens is 2. The Bertz CT molecular complexity index is 812. The zero-order chi connectivity index (χ0) is 16.2. The molecule has 1 amide bonds. The number of aliphatic hydroxyl groups is 1. The van der Waals surface area contributed by atoms with E-state index in [1.165, 1.54) is 16.8 Å². The maximum Gasteiger partial charge on any atom is 0.260 e. The molecule has 0 aliphatic carbocycles. The van der Waals surface area contributed by atoms with Gasteiger partial charge < -0.3 is 15.5 Å². The normalized spacial score (nSPS) is 10.7. The van der Waals surface area contributed by atoms with Crippen molar-refractivity contribution < 1.29 is 15.0 Å². The summed E-state index contributed by atoms with van der Waals surface area (Å²) in [5, 5.41) is 28.0. The van der Waals surface area contributed by atoms with Gasteiger partial charge in [-0.3, -0.25) is 4.79 Å². The summed E-state index contributed by atoms with van der Waals surface area (Å²) in [4.78, 5) is 13.3. The molecule has 6 nitrogen and oxygen atoms in total. The zero-order valence-corrected chi connectivity index (χ0v) is 13.0. The molecule has 0 aliphatic rings. The van der Waals surface area contributed by atoms with Crippen molar-refractivity contribution in [2.75, 3.05) is 11.9 Å². The number of carbonyl (C=O) groups excluding carboxylic acids is 1. The number of amides is 1. The number of aromatic hydroxyl groups is 1. The van der Waals surface area contributed by atoms with Crippen molar-refractivity contribution in [2.24, 2.45) is 0 Å². The Morgan fingerprint density at radius 2 is 2.09 bits per heavy atom. The van der Waals surface area contributed by atoms with Gasteiger partial charge in [0.05, 0.1) is 23.6 Å². The number of nitrogens with one attached hydrogen (secondary N) is 1. The standard InChI is InChI=1S/C16H15N3O3S/c20-8-7-19-15(10-12(18-19)14-6-3-9-23-14)17-16(22)11-4-1-2-5-13(11)21/h1-6,9-10,20-21H,7-8H2,(H,17,22). The number of hydrogen-bond acceptors (Lipinski definition) is 5. The maximum atomic E-state index is 12.3. The fourth-order valence-corrected chi connectivity index (χ4v) is 2.86. The maximum absolute atomic E-state index is 12.3. The Kier molecular flexibility index (Phi) is 4.40. The third-order valence-electron chi connectivity index (χ3n) is 3.26. The molecule has 118 valence electrons. The Morgan fingerprint density at radius 3 is 2.78 bits per heavy atom. The average molecular weight is 329 g/mol. The number of benzene rings is 1. The molecule has 0 saturated heterocycles. The lowest BCUT2D eigenvalue weighted by Crippen LogP contribution is -2.16. The van der Waals surface area contributed by atoms with Crippen molar-refractivity contribution in [3.05, 3.63) is 53.4 Å². The van der Waals surface area contributed by atoms with Crippen molar-refractivity contribution in [1.82, 2.24) is 9.78 Å². The van der Waals surface area contributed by atoms with E-state index in [-0.39, 0.29) is 24.5 Å². The molecule has 0 atom stereocenters. The lowest BCUT2D eigenvalue weighted by Gasteiger charge is -2.08. The highest BCUT2D eigenvalue weighted by Crippen LogP contribution is 2.27. The second kappa shape index (κ2) is 6.64. The zero-order valence-electron chi connectivity index (χ0n) is 12.1. The lowest BCUT2D eigenvalue weighted by molar-refractivity contribution is 0.102.